The molecule has 2 heteroatoms. The topological polar surface area (TPSA) is 3.24 Å². The fourth-order valence-corrected chi connectivity index (χ4v) is 2.69. The Hall–Kier alpha value is -0.530. The fourth-order valence-electron chi connectivity index (χ4n) is 2.56. The Kier molecular flexibility index (Phi) is 3.88. The van der Waals surface area contributed by atoms with E-state index in [0.717, 1.165) is 17.0 Å². The van der Waals surface area contributed by atoms with Crippen molar-refractivity contribution in [2.24, 2.45) is 0 Å². The van der Waals surface area contributed by atoms with Crippen LogP contribution in [0.1, 0.15) is 38.2 Å². The van der Waals surface area contributed by atoms with Gasteiger partial charge in [0, 0.05) is 30.1 Å². The highest BCUT2D eigenvalue weighted by Crippen LogP contribution is 2.30. The Morgan fingerprint density at radius 2 is 1.75 bits per heavy atom. The second-order valence-electron chi connectivity index (χ2n) is 4.67. The molecule has 2 rings (SSSR count). The number of likely N-dealkylation sites (tertiary alicyclic amines) is 1. The third-order valence-electron chi connectivity index (χ3n) is 3.71. The van der Waals surface area contributed by atoms with Crippen LogP contribution in [-0.2, 0) is 0 Å². The van der Waals surface area contributed by atoms with E-state index in [1.165, 1.54) is 31.5 Å². The van der Waals surface area contributed by atoms with Crippen molar-refractivity contribution in [1.29, 1.82) is 0 Å². The number of hydrogen-bond acceptors (Lipinski definition) is 1. The summed E-state index contributed by atoms with van der Waals surface area (Å²) in [5.74, 6) is 0.720. The Labute approximate surface area is 103 Å². The first kappa shape index (κ1) is 11.9. The Morgan fingerprint density at radius 3 is 2.25 bits per heavy atom. The van der Waals surface area contributed by atoms with E-state index in [1.807, 2.05) is 12.1 Å². The highest BCUT2D eigenvalue weighted by molar-refractivity contribution is 6.30. The van der Waals surface area contributed by atoms with Crippen LogP contribution in [0.15, 0.2) is 24.3 Å². The van der Waals surface area contributed by atoms with Crippen molar-refractivity contribution >= 4 is 11.6 Å². The Bertz CT molecular complexity index is 323. The van der Waals surface area contributed by atoms with E-state index in [2.05, 4.69) is 30.9 Å². The van der Waals surface area contributed by atoms with E-state index in [-0.39, 0.29) is 0 Å². The van der Waals surface area contributed by atoms with Crippen LogP contribution in [-0.4, -0.2) is 24.0 Å². The highest BCUT2D eigenvalue weighted by atomic mass is 35.5. The molecule has 0 bridgehead atoms. The summed E-state index contributed by atoms with van der Waals surface area (Å²) in [5.41, 5.74) is 1.44. The maximum Gasteiger partial charge on any atom is 0.0406 e. The molecule has 0 saturated carbocycles. The van der Waals surface area contributed by atoms with Gasteiger partial charge in [-0.3, -0.25) is 4.90 Å². The van der Waals surface area contributed by atoms with Crippen molar-refractivity contribution in [1.82, 2.24) is 4.90 Å². The molecule has 1 fully saturated rings. The van der Waals surface area contributed by atoms with Gasteiger partial charge in [0.05, 0.1) is 0 Å². The van der Waals surface area contributed by atoms with Crippen LogP contribution >= 0.6 is 11.6 Å². The summed E-state index contributed by atoms with van der Waals surface area (Å²) in [6.45, 7) is 7.00. The lowest BCUT2D eigenvalue weighted by Gasteiger charge is -2.44. The third-order valence-corrected chi connectivity index (χ3v) is 3.96. The minimum atomic E-state index is 0.720. The van der Waals surface area contributed by atoms with Crippen molar-refractivity contribution < 1.29 is 0 Å². The summed E-state index contributed by atoms with van der Waals surface area (Å²) in [7, 11) is 0. The standard InChI is InChI=1S/C14H20ClN/c1-3-14(4-2)16-9-12(10-16)11-5-7-13(15)8-6-11/h5-8,12,14H,3-4,9-10H2,1-2H3. The van der Waals surface area contributed by atoms with Crippen LogP contribution in [0.4, 0.5) is 0 Å². The van der Waals surface area contributed by atoms with Crippen molar-refractivity contribution in [2.75, 3.05) is 13.1 Å². The number of nitrogens with zero attached hydrogens (tertiary/aromatic N) is 1. The maximum atomic E-state index is 5.89. The average Bonchev–Trinajstić information content (AvgIpc) is 2.24. The van der Waals surface area contributed by atoms with Gasteiger partial charge < -0.3 is 0 Å². The zero-order valence-corrected chi connectivity index (χ0v) is 10.9. The lowest BCUT2D eigenvalue weighted by atomic mass is 9.89. The molecule has 16 heavy (non-hydrogen) atoms. The fraction of sp³-hybridized carbons (Fsp3) is 0.571. The predicted molar refractivity (Wildman–Crippen MR) is 70.1 cm³/mol. The Morgan fingerprint density at radius 1 is 1.19 bits per heavy atom. The average molecular weight is 238 g/mol. The molecule has 88 valence electrons. The smallest absolute Gasteiger partial charge is 0.0406 e. The molecule has 1 aromatic carbocycles. The molecule has 0 radical (unpaired) electrons. The second kappa shape index (κ2) is 5.20. The van der Waals surface area contributed by atoms with Crippen LogP contribution in [0, 0.1) is 0 Å². The quantitative estimate of drug-likeness (QED) is 0.767. The van der Waals surface area contributed by atoms with Gasteiger partial charge >= 0.3 is 0 Å². The van der Waals surface area contributed by atoms with Crippen LogP contribution in [0.2, 0.25) is 5.02 Å². The largest absolute Gasteiger partial charge is 0.299 e. The Balaban J connectivity index is 1.90. The predicted octanol–water partition coefficient (Wildman–Crippen LogP) is 3.93. The first-order valence-corrected chi connectivity index (χ1v) is 6.61. The molecule has 1 aromatic rings. The summed E-state index contributed by atoms with van der Waals surface area (Å²) in [4.78, 5) is 2.60. The normalized spacial score (nSPS) is 17.8. The molecule has 0 N–H and O–H groups in total. The van der Waals surface area contributed by atoms with Gasteiger partial charge in [0.1, 0.15) is 0 Å². The molecule has 1 saturated heterocycles. The van der Waals surface area contributed by atoms with Gasteiger partial charge in [0.15, 0.2) is 0 Å². The third kappa shape index (κ3) is 2.41. The van der Waals surface area contributed by atoms with Gasteiger partial charge in [-0.1, -0.05) is 37.6 Å². The molecule has 1 aliphatic heterocycles. The molecule has 1 heterocycles. The van der Waals surface area contributed by atoms with E-state index in [1.54, 1.807) is 0 Å². The molecule has 1 aliphatic rings. The summed E-state index contributed by atoms with van der Waals surface area (Å²) >= 11 is 5.89. The minimum absolute atomic E-state index is 0.720. The highest BCUT2D eigenvalue weighted by Gasteiger charge is 2.31. The molecular weight excluding hydrogens is 218 g/mol. The molecule has 1 nitrogen and oxygen atoms in total. The molecule has 0 aromatic heterocycles. The molecule has 0 unspecified atom stereocenters. The zero-order chi connectivity index (χ0) is 11.5. The molecule has 0 amide bonds. The van der Waals surface area contributed by atoms with Gasteiger partial charge in [0.2, 0.25) is 0 Å². The van der Waals surface area contributed by atoms with E-state index in [9.17, 15) is 0 Å². The van der Waals surface area contributed by atoms with Gasteiger partial charge in [-0.25, -0.2) is 0 Å². The SMILES string of the molecule is CCC(CC)N1CC(c2ccc(Cl)cc2)C1. The van der Waals surface area contributed by atoms with Crippen molar-refractivity contribution in [2.45, 2.75) is 38.6 Å². The number of hydrogen-bond donors (Lipinski definition) is 0. The summed E-state index contributed by atoms with van der Waals surface area (Å²) in [5, 5.41) is 0.833. The maximum absolute atomic E-state index is 5.89. The van der Waals surface area contributed by atoms with Crippen LogP contribution < -0.4 is 0 Å². The van der Waals surface area contributed by atoms with Gasteiger partial charge in [-0.05, 0) is 30.5 Å². The molecule has 0 aliphatic carbocycles. The lowest BCUT2D eigenvalue weighted by molar-refractivity contribution is 0.0862. The van der Waals surface area contributed by atoms with Crippen LogP contribution in [0.3, 0.4) is 0 Å². The van der Waals surface area contributed by atoms with Crippen molar-refractivity contribution in [3.8, 4) is 0 Å². The van der Waals surface area contributed by atoms with Gasteiger partial charge in [0.25, 0.3) is 0 Å². The summed E-state index contributed by atoms with van der Waals surface area (Å²) in [6, 6.07) is 9.10. The first-order chi connectivity index (χ1) is 7.74. The second-order valence-corrected chi connectivity index (χ2v) is 5.11. The monoisotopic (exact) mass is 237 g/mol. The molecule has 0 atom stereocenters. The number of benzene rings is 1. The van der Waals surface area contributed by atoms with Crippen molar-refractivity contribution in [3.63, 3.8) is 0 Å². The van der Waals surface area contributed by atoms with E-state index < -0.39 is 0 Å². The summed E-state index contributed by atoms with van der Waals surface area (Å²) in [6.07, 6.45) is 2.54. The van der Waals surface area contributed by atoms with E-state index in [0.29, 0.717) is 0 Å². The van der Waals surface area contributed by atoms with E-state index in [4.69, 9.17) is 11.6 Å². The zero-order valence-electron chi connectivity index (χ0n) is 10.1. The van der Waals surface area contributed by atoms with Gasteiger partial charge in [-0.2, -0.15) is 0 Å². The minimum Gasteiger partial charge on any atom is -0.299 e. The van der Waals surface area contributed by atoms with Crippen LogP contribution in [0.25, 0.3) is 0 Å². The lowest BCUT2D eigenvalue weighted by Crippen LogP contribution is -2.50. The summed E-state index contributed by atoms with van der Waals surface area (Å²) < 4.78 is 0. The number of rotatable bonds is 4. The molecule has 0 spiro atoms. The molecular formula is C14H20ClN. The first-order valence-electron chi connectivity index (χ1n) is 6.24. The van der Waals surface area contributed by atoms with Crippen LogP contribution in [0.5, 0.6) is 0 Å². The van der Waals surface area contributed by atoms with E-state index >= 15 is 0 Å². The number of halogens is 1. The van der Waals surface area contributed by atoms with Crippen molar-refractivity contribution in [3.05, 3.63) is 34.9 Å². The van der Waals surface area contributed by atoms with Gasteiger partial charge in [-0.15, -0.1) is 0 Å².